The standard InChI is InChI=1S/C13H24F3N3O/c1-2-3-4-11(17)12(20)18-7-10-5-6-19(8-10)9-13(14,15)16/h10-11H,2-9,17H2,1H3,(H,18,20)/t10?,11-/m0/s1. The summed E-state index contributed by atoms with van der Waals surface area (Å²) < 4.78 is 36.7. The molecule has 1 unspecified atom stereocenters. The molecule has 0 aromatic carbocycles. The Morgan fingerprint density at radius 2 is 2.20 bits per heavy atom. The van der Waals surface area contributed by atoms with Crippen molar-refractivity contribution in [3.63, 3.8) is 0 Å². The number of nitrogens with one attached hydrogen (secondary N) is 1. The second-order valence-electron chi connectivity index (χ2n) is 5.50. The summed E-state index contributed by atoms with van der Waals surface area (Å²) >= 11 is 0. The molecule has 0 saturated carbocycles. The number of halogens is 3. The minimum atomic E-state index is -4.15. The van der Waals surface area contributed by atoms with Gasteiger partial charge in [0.2, 0.25) is 5.91 Å². The zero-order valence-corrected chi connectivity index (χ0v) is 11.9. The first-order chi connectivity index (χ1) is 9.31. The summed E-state index contributed by atoms with van der Waals surface area (Å²) in [5.41, 5.74) is 5.73. The fourth-order valence-corrected chi connectivity index (χ4v) is 2.41. The molecule has 1 aliphatic heterocycles. The predicted molar refractivity (Wildman–Crippen MR) is 71.1 cm³/mol. The number of nitrogens with two attached hydrogens (primary N) is 1. The first-order valence-electron chi connectivity index (χ1n) is 7.14. The second-order valence-corrected chi connectivity index (χ2v) is 5.50. The van der Waals surface area contributed by atoms with Gasteiger partial charge in [-0.2, -0.15) is 13.2 Å². The molecule has 7 heteroatoms. The van der Waals surface area contributed by atoms with Gasteiger partial charge in [-0.3, -0.25) is 9.69 Å². The molecule has 0 aromatic heterocycles. The van der Waals surface area contributed by atoms with Gasteiger partial charge < -0.3 is 11.1 Å². The molecule has 4 nitrogen and oxygen atoms in total. The predicted octanol–water partition coefficient (Wildman–Crippen LogP) is 1.50. The summed E-state index contributed by atoms with van der Waals surface area (Å²) in [5, 5.41) is 2.74. The molecule has 2 atom stereocenters. The molecule has 0 radical (unpaired) electrons. The van der Waals surface area contributed by atoms with E-state index in [0.717, 1.165) is 12.8 Å². The molecular weight excluding hydrogens is 271 g/mol. The van der Waals surface area contributed by atoms with Crippen LogP contribution in [0.1, 0.15) is 32.6 Å². The molecule has 0 aromatic rings. The number of likely N-dealkylation sites (tertiary alicyclic amines) is 1. The maximum absolute atomic E-state index is 12.2. The van der Waals surface area contributed by atoms with Crippen molar-refractivity contribution in [3.8, 4) is 0 Å². The van der Waals surface area contributed by atoms with Gasteiger partial charge in [0, 0.05) is 13.1 Å². The molecule has 1 aliphatic rings. The Balaban J connectivity index is 2.22. The third-order valence-corrected chi connectivity index (χ3v) is 3.54. The minimum Gasteiger partial charge on any atom is -0.354 e. The Morgan fingerprint density at radius 3 is 2.80 bits per heavy atom. The van der Waals surface area contributed by atoms with Gasteiger partial charge in [0.25, 0.3) is 0 Å². The topological polar surface area (TPSA) is 58.4 Å². The van der Waals surface area contributed by atoms with Crippen LogP contribution in [0.15, 0.2) is 0 Å². The molecule has 0 bridgehead atoms. The van der Waals surface area contributed by atoms with E-state index in [-0.39, 0.29) is 11.8 Å². The van der Waals surface area contributed by atoms with Gasteiger partial charge in [0.05, 0.1) is 12.6 Å². The number of rotatable bonds is 7. The van der Waals surface area contributed by atoms with Gasteiger partial charge in [0.15, 0.2) is 0 Å². The summed E-state index contributed by atoms with van der Waals surface area (Å²) in [6.45, 7) is 2.38. The van der Waals surface area contributed by atoms with Crippen LogP contribution in [0.25, 0.3) is 0 Å². The van der Waals surface area contributed by atoms with Gasteiger partial charge in [-0.1, -0.05) is 19.8 Å². The van der Waals surface area contributed by atoms with Gasteiger partial charge in [-0.25, -0.2) is 0 Å². The number of alkyl halides is 3. The van der Waals surface area contributed by atoms with Crippen molar-refractivity contribution >= 4 is 5.91 Å². The normalized spacial score (nSPS) is 21.9. The molecule has 1 heterocycles. The zero-order chi connectivity index (χ0) is 15.2. The van der Waals surface area contributed by atoms with E-state index in [1.807, 2.05) is 6.92 Å². The van der Waals surface area contributed by atoms with Crippen molar-refractivity contribution in [1.82, 2.24) is 10.2 Å². The Kier molecular flexibility index (Phi) is 6.75. The summed E-state index contributed by atoms with van der Waals surface area (Å²) in [5.74, 6) is -0.118. The summed E-state index contributed by atoms with van der Waals surface area (Å²) in [7, 11) is 0. The Labute approximate surface area is 117 Å². The molecule has 3 N–H and O–H groups in total. The van der Waals surface area contributed by atoms with Crippen LogP contribution in [0.5, 0.6) is 0 Å². The van der Waals surface area contributed by atoms with Crippen molar-refractivity contribution in [1.29, 1.82) is 0 Å². The maximum Gasteiger partial charge on any atom is 0.401 e. The lowest BCUT2D eigenvalue weighted by Crippen LogP contribution is -2.42. The van der Waals surface area contributed by atoms with Crippen molar-refractivity contribution < 1.29 is 18.0 Å². The third-order valence-electron chi connectivity index (χ3n) is 3.54. The molecule has 0 aliphatic carbocycles. The van der Waals surface area contributed by atoms with Gasteiger partial charge in [-0.15, -0.1) is 0 Å². The van der Waals surface area contributed by atoms with Crippen LogP contribution in [0.4, 0.5) is 13.2 Å². The van der Waals surface area contributed by atoms with Crippen molar-refractivity contribution in [2.75, 3.05) is 26.2 Å². The van der Waals surface area contributed by atoms with Crippen LogP contribution >= 0.6 is 0 Å². The van der Waals surface area contributed by atoms with E-state index in [0.29, 0.717) is 32.5 Å². The van der Waals surface area contributed by atoms with E-state index in [9.17, 15) is 18.0 Å². The smallest absolute Gasteiger partial charge is 0.354 e. The lowest BCUT2D eigenvalue weighted by Gasteiger charge is -2.18. The Morgan fingerprint density at radius 1 is 1.50 bits per heavy atom. The highest BCUT2D eigenvalue weighted by Gasteiger charge is 2.34. The number of unbranched alkanes of at least 4 members (excludes halogenated alkanes) is 1. The number of carbonyl (C=O) groups excluding carboxylic acids is 1. The van der Waals surface area contributed by atoms with E-state index in [1.54, 1.807) is 0 Å². The van der Waals surface area contributed by atoms with E-state index >= 15 is 0 Å². The zero-order valence-electron chi connectivity index (χ0n) is 11.9. The van der Waals surface area contributed by atoms with Gasteiger partial charge in [-0.05, 0) is 25.3 Å². The van der Waals surface area contributed by atoms with E-state index in [1.165, 1.54) is 4.90 Å². The van der Waals surface area contributed by atoms with E-state index in [2.05, 4.69) is 5.32 Å². The third kappa shape index (κ3) is 6.56. The Bertz CT molecular complexity index is 310. The lowest BCUT2D eigenvalue weighted by atomic mass is 10.1. The molecule has 1 fully saturated rings. The summed E-state index contributed by atoms with van der Waals surface area (Å²) in [6.07, 6.45) is -0.943. The number of hydrogen-bond donors (Lipinski definition) is 2. The molecule has 1 rings (SSSR count). The largest absolute Gasteiger partial charge is 0.401 e. The second kappa shape index (κ2) is 7.83. The van der Waals surface area contributed by atoms with Crippen molar-refractivity contribution in [3.05, 3.63) is 0 Å². The highest BCUT2D eigenvalue weighted by molar-refractivity contribution is 5.81. The number of nitrogens with zero attached hydrogens (tertiary/aromatic N) is 1. The molecular formula is C13H24F3N3O. The van der Waals surface area contributed by atoms with E-state index < -0.39 is 18.8 Å². The van der Waals surface area contributed by atoms with Crippen molar-refractivity contribution in [2.45, 2.75) is 44.8 Å². The average Bonchev–Trinajstić information content (AvgIpc) is 2.78. The number of amides is 1. The molecule has 20 heavy (non-hydrogen) atoms. The quantitative estimate of drug-likeness (QED) is 0.748. The monoisotopic (exact) mass is 295 g/mol. The van der Waals surface area contributed by atoms with Crippen LogP contribution in [-0.4, -0.2) is 49.2 Å². The highest BCUT2D eigenvalue weighted by atomic mass is 19.4. The van der Waals surface area contributed by atoms with Crippen LogP contribution < -0.4 is 11.1 Å². The van der Waals surface area contributed by atoms with E-state index in [4.69, 9.17) is 5.73 Å². The fraction of sp³-hybridized carbons (Fsp3) is 0.923. The molecule has 118 valence electrons. The number of carbonyl (C=O) groups is 1. The number of hydrogen-bond acceptors (Lipinski definition) is 3. The molecule has 0 spiro atoms. The van der Waals surface area contributed by atoms with Crippen LogP contribution in [0, 0.1) is 5.92 Å². The van der Waals surface area contributed by atoms with Crippen LogP contribution in [0.2, 0.25) is 0 Å². The lowest BCUT2D eigenvalue weighted by molar-refractivity contribution is -0.143. The van der Waals surface area contributed by atoms with Crippen LogP contribution in [-0.2, 0) is 4.79 Å². The maximum atomic E-state index is 12.2. The SMILES string of the molecule is CCCC[C@H](N)C(=O)NCC1CCN(CC(F)(F)F)C1. The fourth-order valence-electron chi connectivity index (χ4n) is 2.41. The Hall–Kier alpha value is -0.820. The minimum absolute atomic E-state index is 0.0830. The average molecular weight is 295 g/mol. The summed E-state index contributed by atoms with van der Waals surface area (Å²) in [4.78, 5) is 13.1. The van der Waals surface area contributed by atoms with Crippen molar-refractivity contribution in [2.24, 2.45) is 11.7 Å². The first-order valence-corrected chi connectivity index (χ1v) is 7.14. The van der Waals surface area contributed by atoms with Gasteiger partial charge >= 0.3 is 6.18 Å². The first kappa shape index (κ1) is 17.2. The summed E-state index contributed by atoms with van der Waals surface area (Å²) in [6, 6.07) is -0.511. The highest BCUT2D eigenvalue weighted by Crippen LogP contribution is 2.22. The molecule has 1 saturated heterocycles. The molecule has 1 amide bonds. The van der Waals surface area contributed by atoms with Crippen LogP contribution in [0.3, 0.4) is 0 Å². The van der Waals surface area contributed by atoms with Gasteiger partial charge in [0.1, 0.15) is 0 Å².